The maximum Gasteiger partial charge on any atom is 0.281 e. The van der Waals surface area contributed by atoms with Gasteiger partial charge in [0.05, 0.1) is 5.69 Å². The summed E-state index contributed by atoms with van der Waals surface area (Å²) in [5.74, 6) is -0.657. The summed E-state index contributed by atoms with van der Waals surface area (Å²) in [5, 5.41) is 2.84. The molecule has 0 bridgehead atoms. The van der Waals surface area contributed by atoms with Crippen LogP contribution >= 0.6 is 0 Å². The Morgan fingerprint density at radius 3 is 2.59 bits per heavy atom. The topological polar surface area (TPSA) is 49.4 Å². The van der Waals surface area contributed by atoms with Gasteiger partial charge in [-0.05, 0) is 12.1 Å². The van der Waals surface area contributed by atoms with E-state index in [9.17, 15) is 9.59 Å². The van der Waals surface area contributed by atoms with E-state index in [0.717, 1.165) is 4.90 Å². The smallest absolute Gasteiger partial charge is 0.281 e. The summed E-state index contributed by atoms with van der Waals surface area (Å²) >= 11 is 0. The molecule has 1 aromatic carbocycles. The first-order valence-electron chi connectivity index (χ1n) is 5.24. The molecule has 2 amide bonds. The quantitative estimate of drug-likeness (QED) is 0.622. The molecular weight excluding hydrogens is 216 g/mol. The molecule has 86 valence electrons. The average molecular weight is 228 g/mol. The van der Waals surface area contributed by atoms with E-state index in [0.29, 0.717) is 17.9 Å². The van der Waals surface area contributed by atoms with Gasteiger partial charge >= 0.3 is 0 Å². The second-order valence-electron chi connectivity index (χ2n) is 3.54. The van der Waals surface area contributed by atoms with Gasteiger partial charge in [0.15, 0.2) is 0 Å². The molecule has 1 aromatic rings. The van der Waals surface area contributed by atoms with Gasteiger partial charge in [-0.25, -0.2) is 4.90 Å². The van der Waals surface area contributed by atoms with Crippen LogP contribution in [0.15, 0.2) is 54.8 Å². The molecule has 0 saturated heterocycles. The van der Waals surface area contributed by atoms with Crippen molar-refractivity contribution in [3.63, 3.8) is 0 Å². The number of para-hydroxylation sites is 1. The summed E-state index contributed by atoms with van der Waals surface area (Å²) in [6.07, 6.45) is 2.93. The number of hydrogen-bond donors (Lipinski definition) is 1. The Morgan fingerprint density at radius 2 is 1.94 bits per heavy atom. The lowest BCUT2D eigenvalue weighted by Gasteiger charge is -2.14. The van der Waals surface area contributed by atoms with E-state index < -0.39 is 0 Å². The molecule has 1 aliphatic heterocycles. The summed E-state index contributed by atoms with van der Waals surface area (Å²) in [4.78, 5) is 24.8. The van der Waals surface area contributed by atoms with Crippen molar-refractivity contribution in [2.24, 2.45) is 0 Å². The standard InChI is InChI=1S/C13H12N2O2/c1-2-8-14-11-9-12(16)15(13(11)17)10-6-4-3-5-7-10/h2-7,9,14H,1,8H2. The number of nitrogens with one attached hydrogen (secondary N) is 1. The number of amides is 2. The summed E-state index contributed by atoms with van der Waals surface area (Å²) in [5.41, 5.74) is 0.882. The molecule has 0 aromatic heterocycles. The van der Waals surface area contributed by atoms with E-state index in [2.05, 4.69) is 11.9 Å². The minimum Gasteiger partial charge on any atom is -0.377 e. The van der Waals surface area contributed by atoms with Crippen LogP contribution in [0.3, 0.4) is 0 Å². The highest BCUT2D eigenvalue weighted by atomic mass is 16.2. The number of anilines is 1. The fraction of sp³-hybridized carbons (Fsp3) is 0.0769. The fourth-order valence-corrected chi connectivity index (χ4v) is 1.60. The molecule has 0 radical (unpaired) electrons. The highest BCUT2D eigenvalue weighted by Crippen LogP contribution is 2.20. The van der Waals surface area contributed by atoms with Crippen molar-refractivity contribution in [2.75, 3.05) is 11.4 Å². The van der Waals surface area contributed by atoms with Crippen LogP contribution < -0.4 is 10.2 Å². The second kappa shape index (κ2) is 4.65. The predicted octanol–water partition coefficient (Wildman–Crippen LogP) is 1.22. The molecule has 0 spiro atoms. The van der Waals surface area contributed by atoms with Crippen LogP contribution in [-0.2, 0) is 9.59 Å². The largest absolute Gasteiger partial charge is 0.377 e. The Balaban J connectivity index is 2.21. The lowest BCUT2D eigenvalue weighted by molar-refractivity contribution is -0.120. The van der Waals surface area contributed by atoms with Gasteiger partial charge in [-0.2, -0.15) is 0 Å². The Kier molecular flexibility index (Phi) is 3.05. The Bertz CT molecular complexity index is 491. The first kappa shape index (κ1) is 11.1. The van der Waals surface area contributed by atoms with E-state index >= 15 is 0 Å². The van der Waals surface area contributed by atoms with Crippen LogP contribution in [0.2, 0.25) is 0 Å². The van der Waals surface area contributed by atoms with Crippen molar-refractivity contribution in [3.8, 4) is 0 Å². The highest BCUT2D eigenvalue weighted by Gasteiger charge is 2.31. The van der Waals surface area contributed by atoms with Gasteiger partial charge in [-0.3, -0.25) is 9.59 Å². The molecule has 2 rings (SSSR count). The zero-order valence-electron chi connectivity index (χ0n) is 9.22. The monoisotopic (exact) mass is 228 g/mol. The summed E-state index contributed by atoms with van der Waals surface area (Å²) < 4.78 is 0. The molecule has 0 saturated carbocycles. The lowest BCUT2D eigenvalue weighted by atomic mass is 10.3. The van der Waals surface area contributed by atoms with Crippen molar-refractivity contribution < 1.29 is 9.59 Å². The molecule has 0 aliphatic carbocycles. The van der Waals surface area contributed by atoms with Crippen molar-refractivity contribution in [2.45, 2.75) is 0 Å². The molecule has 17 heavy (non-hydrogen) atoms. The third kappa shape index (κ3) is 2.10. The van der Waals surface area contributed by atoms with E-state index in [4.69, 9.17) is 0 Å². The molecule has 1 N–H and O–H groups in total. The predicted molar refractivity (Wildman–Crippen MR) is 65.2 cm³/mol. The van der Waals surface area contributed by atoms with E-state index in [1.54, 1.807) is 30.3 Å². The van der Waals surface area contributed by atoms with E-state index in [1.807, 2.05) is 6.07 Å². The Labute approximate surface area is 99.2 Å². The first-order valence-corrected chi connectivity index (χ1v) is 5.24. The average Bonchev–Trinajstić information content (AvgIpc) is 2.63. The maximum atomic E-state index is 12.0. The van der Waals surface area contributed by atoms with Crippen molar-refractivity contribution >= 4 is 17.5 Å². The summed E-state index contributed by atoms with van der Waals surface area (Å²) in [7, 11) is 0. The minimum absolute atomic E-state index is 0.304. The van der Waals surface area contributed by atoms with Crippen LogP contribution in [0.4, 0.5) is 5.69 Å². The fourth-order valence-electron chi connectivity index (χ4n) is 1.60. The molecule has 1 heterocycles. The molecule has 1 aliphatic rings. The van der Waals surface area contributed by atoms with Crippen LogP contribution in [0, 0.1) is 0 Å². The first-order chi connectivity index (χ1) is 8.24. The number of benzene rings is 1. The van der Waals surface area contributed by atoms with Gasteiger partial charge in [-0.15, -0.1) is 6.58 Å². The van der Waals surface area contributed by atoms with Gasteiger partial charge in [0.1, 0.15) is 5.70 Å². The molecule has 0 atom stereocenters. The second-order valence-corrected chi connectivity index (χ2v) is 3.54. The van der Waals surface area contributed by atoms with Crippen molar-refractivity contribution in [1.29, 1.82) is 0 Å². The minimum atomic E-state index is -0.331. The van der Waals surface area contributed by atoms with Gasteiger partial charge in [0.25, 0.3) is 11.8 Å². The van der Waals surface area contributed by atoms with E-state index in [1.165, 1.54) is 6.08 Å². The number of rotatable bonds is 4. The number of carbonyl (C=O) groups is 2. The molecule has 4 nitrogen and oxygen atoms in total. The van der Waals surface area contributed by atoms with Crippen LogP contribution in [0.5, 0.6) is 0 Å². The third-order valence-electron chi connectivity index (χ3n) is 2.37. The van der Waals surface area contributed by atoms with Gasteiger partial charge in [-0.1, -0.05) is 24.3 Å². The van der Waals surface area contributed by atoms with Gasteiger partial charge < -0.3 is 5.32 Å². The summed E-state index contributed by atoms with van der Waals surface area (Å²) in [6, 6.07) is 8.84. The van der Waals surface area contributed by atoms with Crippen LogP contribution in [0.25, 0.3) is 0 Å². The van der Waals surface area contributed by atoms with Crippen LogP contribution in [-0.4, -0.2) is 18.4 Å². The Morgan fingerprint density at radius 1 is 1.24 bits per heavy atom. The normalized spacial score (nSPS) is 14.8. The van der Waals surface area contributed by atoms with Gasteiger partial charge in [0.2, 0.25) is 0 Å². The lowest BCUT2D eigenvalue weighted by Crippen LogP contribution is -2.33. The molecule has 0 unspecified atom stereocenters. The number of imide groups is 1. The number of carbonyl (C=O) groups excluding carboxylic acids is 2. The molecular formula is C13H12N2O2. The molecule has 4 heteroatoms. The third-order valence-corrected chi connectivity index (χ3v) is 2.37. The van der Waals surface area contributed by atoms with Gasteiger partial charge in [0, 0.05) is 12.6 Å². The number of hydrogen-bond acceptors (Lipinski definition) is 3. The molecule has 0 fully saturated rings. The maximum absolute atomic E-state index is 12.0. The van der Waals surface area contributed by atoms with Crippen molar-refractivity contribution in [3.05, 3.63) is 54.8 Å². The Hall–Kier alpha value is -2.36. The number of nitrogens with zero attached hydrogens (tertiary/aromatic N) is 1. The van der Waals surface area contributed by atoms with E-state index in [-0.39, 0.29) is 11.8 Å². The zero-order chi connectivity index (χ0) is 12.3. The summed E-state index contributed by atoms with van der Waals surface area (Å²) in [6.45, 7) is 4.00. The zero-order valence-corrected chi connectivity index (χ0v) is 9.22. The van der Waals surface area contributed by atoms with Crippen molar-refractivity contribution in [1.82, 2.24) is 5.32 Å². The highest BCUT2D eigenvalue weighted by molar-refractivity contribution is 6.30. The SMILES string of the molecule is C=CCNC1=CC(=O)N(c2ccccc2)C1=O. The van der Waals surface area contributed by atoms with Crippen LogP contribution in [0.1, 0.15) is 0 Å².